The number of benzene rings is 9. The van der Waals surface area contributed by atoms with Crippen LogP contribution in [0.4, 0.5) is 0 Å². The van der Waals surface area contributed by atoms with Gasteiger partial charge in [0, 0.05) is 10.8 Å². The molecule has 208 valence electrons. The van der Waals surface area contributed by atoms with Crippen LogP contribution in [0.2, 0.25) is 0 Å². The molecule has 1 nitrogen and oxygen atoms in total. The Hall–Kier alpha value is -5.92. The van der Waals surface area contributed by atoms with Crippen molar-refractivity contribution >= 4 is 75.8 Å². The van der Waals surface area contributed by atoms with Gasteiger partial charge in [0.15, 0.2) is 0 Å². The first-order chi connectivity index (χ1) is 30.3. The standard InChI is InChI=1S/C44H26O/c1-2-12-28-26-39-29(25-27(28)11-1)23-24-31-30(39)18-9-19-32(31)42-33-13-3-5-15-35(33)43(36-16-6-4-14-34(36)42)38-20-10-22-41-44(38)37-17-7-8-21-40(37)45-41/h1-26H/i1D,2D,3D,4D,5D,6D,9D,11D,12D,13D,14D,15D,16D,18D,19D,23D,24D,25D,26D. The van der Waals surface area contributed by atoms with Gasteiger partial charge in [-0.05, 0) is 100 Å². The van der Waals surface area contributed by atoms with Gasteiger partial charge in [-0.2, -0.15) is 0 Å². The van der Waals surface area contributed by atoms with E-state index in [0.29, 0.717) is 21.9 Å². The Balaban J connectivity index is 1.56. The van der Waals surface area contributed by atoms with Crippen LogP contribution in [0.3, 0.4) is 0 Å². The fraction of sp³-hybridized carbons (Fsp3) is 0. The van der Waals surface area contributed by atoms with Crippen LogP contribution >= 0.6 is 0 Å². The number of hydrogen-bond donors (Lipinski definition) is 0. The molecule has 1 heteroatoms. The van der Waals surface area contributed by atoms with E-state index in [1.807, 2.05) is 0 Å². The molecular formula is C44H26O. The first-order valence-electron chi connectivity index (χ1n) is 23.5. The number of para-hydroxylation sites is 1. The average molecular weight is 590 g/mol. The Morgan fingerprint density at radius 3 is 1.76 bits per heavy atom. The van der Waals surface area contributed by atoms with Gasteiger partial charge in [-0.3, -0.25) is 0 Å². The van der Waals surface area contributed by atoms with Crippen molar-refractivity contribution in [3.05, 3.63) is 157 Å². The van der Waals surface area contributed by atoms with Crippen molar-refractivity contribution in [3.8, 4) is 22.3 Å². The van der Waals surface area contributed by atoms with Crippen molar-refractivity contribution in [3.63, 3.8) is 0 Å². The molecule has 0 aliphatic rings. The van der Waals surface area contributed by atoms with Gasteiger partial charge in [0.2, 0.25) is 0 Å². The second-order valence-corrected chi connectivity index (χ2v) is 10.5. The molecule has 0 bridgehead atoms. The predicted octanol–water partition coefficient (Wildman–Crippen LogP) is 12.7. The Morgan fingerprint density at radius 1 is 0.378 bits per heavy atom. The smallest absolute Gasteiger partial charge is 0.136 e. The summed E-state index contributed by atoms with van der Waals surface area (Å²) in [4.78, 5) is 0. The van der Waals surface area contributed by atoms with Crippen molar-refractivity contribution in [1.29, 1.82) is 0 Å². The molecule has 0 fully saturated rings. The van der Waals surface area contributed by atoms with E-state index in [-0.39, 0.29) is 32.7 Å². The molecule has 0 aliphatic carbocycles. The molecular weight excluding hydrogens is 544 g/mol. The molecule has 0 saturated carbocycles. The molecule has 0 atom stereocenters. The fourth-order valence-electron chi connectivity index (χ4n) is 6.31. The topological polar surface area (TPSA) is 13.1 Å². The highest BCUT2D eigenvalue weighted by molar-refractivity contribution is 6.27. The van der Waals surface area contributed by atoms with E-state index in [1.54, 1.807) is 42.5 Å². The lowest BCUT2D eigenvalue weighted by atomic mass is 9.83. The largest absolute Gasteiger partial charge is 0.456 e. The summed E-state index contributed by atoms with van der Waals surface area (Å²) in [5.41, 5.74) is 0.0263. The van der Waals surface area contributed by atoms with Crippen molar-refractivity contribution in [1.82, 2.24) is 0 Å². The minimum absolute atomic E-state index is 0.0467. The zero-order valence-electron chi connectivity index (χ0n) is 41.9. The van der Waals surface area contributed by atoms with Crippen LogP contribution in [0.5, 0.6) is 0 Å². The molecule has 0 radical (unpaired) electrons. The SMILES string of the molecule is [2H]c1c([2H])c([2H])c2c(-c3cccc4oc5ccccc5c34)c3c([2H])c([2H])c([2H])c([2H])c3c(-c3c([2H])c([2H])c([2H])c4c3c([2H])c([2H])c3c([2H])c5c([2H])c([2H])c([2H])c([2H])c5c([2H])c34)c2c1[2H]. The van der Waals surface area contributed by atoms with E-state index in [9.17, 15) is 15.1 Å². The van der Waals surface area contributed by atoms with Crippen molar-refractivity contribution in [2.24, 2.45) is 0 Å². The fourth-order valence-corrected chi connectivity index (χ4v) is 6.31. The predicted molar refractivity (Wildman–Crippen MR) is 192 cm³/mol. The maximum atomic E-state index is 9.54. The molecule has 0 aliphatic heterocycles. The van der Waals surface area contributed by atoms with Crippen LogP contribution in [0.25, 0.3) is 98.1 Å². The maximum Gasteiger partial charge on any atom is 0.136 e. The monoisotopic (exact) mass is 589 g/mol. The van der Waals surface area contributed by atoms with E-state index >= 15 is 0 Å². The molecule has 9 aromatic carbocycles. The highest BCUT2D eigenvalue weighted by Gasteiger charge is 2.21. The van der Waals surface area contributed by atoms with E-state index < -0.39 is 158 Å². The van der Waals surface area contributed by atoms with E-state index in [1.165, 1.54) is 0 Å². The highest BCUT2D eigenvalue weighted by atomic mass is 16.3. The van der Waals surface area contributed by atoms with Crippen LogP contribution in [-0.4, -0.2) is 0 Å². The summed E-state index contributed by atoms with van der Waals surface area (Å²) in [6.45, 7) is 0. The number of rotatable bonds is 2. The number of furan rings is 1. The zero-order valence-corrected chi connectivity index (χ0v) is 22.9. The molecule has 10 aromatic rings. The summed E-state index contributed by atoms with van der Waals surface area (Å²) < 4.78 is 179. The Bertz CT molecular complexity index is 3810. The number of hydrogen-bond acceptors (Lipinski definition) is 1. The van der Waals surface area contributed by atoms with E-state index in [4.69, 9.17) is 15.4 Å². The van der Waals surface area contributed by atoms with Gasteiger partial charge in [-0.25, -0.2) is 0 Å². The maximum absolute atomic E-state index is 9.54. The first kappa shape index (κ1) is 12.6. The third kappa shape index (κ3) is 3.50. The Morgan fingerprint density at radius 2 is 1.00 bits per heavy atom. The second-order valence-electron chi connectivity index (χ2n) is 10.5. The normalized spacial score (nSPS) is 17.9. The van der Waals surface area contributed by atoms with Gasteiger partial charge < -0.3 is 4.42 Å². The van der Waals surface area contributed by atoms with E-state index in [0.717, 1.165) is 0 Å². The zero-order chi connectivity index (χ0) is 46.0. The third-order valence-electron chi connectivity index (χ3n) is 8.17. The summed E-state index contributed by atoms with van der Waals surface area (Å²) >= 11 is 0. The van der Waals surface area contributed by atoms with Gasteiger partial charge in [-0.15, -0.1) is 0 Å². The molecule has 0 spiro atoms. The molecule has 45 heavy (non-hydrogen) atoms. The Kier molecular flexibility index (Phi) is 2.60. The highest BCUT2D eigenvalue weighted by Crippen LogP contribution is 2.48. The lowest BCUT2D eigenvalue weighted by Crippen LogP contribution is -1.92. The van der Waals surface area contributed by atoms with Gasteiger partial charge in [0.05, 0.1) is 26.0 Å². The second kappa shape index (κ2) is 9.29. The molecule has 1 heterocycles. The van der Waals surface area contributed by atoms with Crippen molar-refractivity contribution < 1.29 is 30.5 Å². The summed E-state index contributed by atoms with van der Waals surface area (Å²) in [5, 5.41) is -3.03. The van der Waals surface area contributed by atoms with Crippen LogP contribution in [0.1, 0.15) is 26.0 Å². The lowest BCUT2D eigenvalue weighted by molar-refractivity contribution is 0.669. The minimum atomic E-state index is -0.858. The summed E-state index contributed by atoms with van der Waals surface area (Å²) in [7, 11) is 0. The molecule has 0 saturated heterocycles. The summed E-state index contributed by atoms with van der Waals surface area (Å²) in [5.74, 6) is 0. The van der Waals surface area contributed by atoms with Gasteiger partial charge >= 0.3 is 0 Å². The molecule has 0 N–H and O–H groups in total. The summed E-state index contributed by atoms with van der Waals surface area (Å²) in [6.07, 6.45) is 0. The minimum Gasteiger partial charge on any atom is -0.456 e. The number of fused-ring (bicyclic) bond motifs is 9. The van der Waals surface area contributed by atoms with Gasteiger partial charge in [0.1, 0.15) is 11.2 Å². The van der Waals surface area contributed by atoms with Gasteiger partial charge in [0.25, 0.3) is 0 Å². The van der Waals surface area contributed by atoms with Crippen LogP contribution in [0, 0.1) is 0 Å². The molecule has 10 rings (SSSR count). The Labute approximate surface area is 286 Å². The average Bonchev–Trinajstić information content (AvgIpc) is 3.67. The first-order valence-corrected chi connectivity index (χ1v) is 14.0. The third-order valence-corrected chi connectivity index (χ3v) is 8.17. The van der Waals surface area contributed by atoms with E-state index in [2.05, 4.69) is 0 Å². The van der Waals surface area contributed by atoms with Crippen LogP contribution in [0.15, 0.2) is 162 Å². The molecule has 0 unspecified atom stereocenters. The van der Waals surface area contributed by atoms with Crippen LogP contribution < -0.4 is 0 Å². The lowest BCUT2D eigenvalue weighted by Gasteiger charge is -2.19. The molecule has 0 amide bonds. The van der Waals surface area contributed by atoms with Crippen molar-refractivity contribution in [2.45, 2.75) is 0 Å². The van der Waals surface area contributed by atoms with Crippen LogP contribution in [-0.2, 0) is 0 Å². The quantitative estimate of drug-likeness (QED) is 0.144. The van der Waals surface area contributed by atoms with Crippen molar-refractivity contribution in [2.75, 3.05) is 0 Å². The summed E-state index contributed by atoms with van der Waals surface area (Å²) in [6, 6.07) is -2.04. The molecule has 1 aromatic heterocycles. The van der Waals surface area contributed by atoms with Gasteiger partial charge in [-0.1, -0.05) is 133 Å².